The van der Waals surface area contributed by atoms with Gasteiger partial charge in [-0.25, -0.2) is 0 Å². The average Bonchev–Trinajstić information content (AvgIpc) is 2.61. The molecule has 0 aromatic rings. The van der Waals surface area contributed by atoms with Gasteiger partial charge in [0.25, 0.3) is 0 Å². The minimum atomic E-state index is -0.450. The Balaban J connectivity index is 3.96. The lowest BCUT2D eigenvalue weighted by Crippen LogP contribution is -2.44. The summed E-state index contributed by atoms with van der Waals surface area (Å²) in [7, 11) is 0. The van der Waals surface area contributed by atoms with E-state index < -0.39 is 6.04 Å². The minimum Gasteiger partial charge on any atom is -0.356 e. The highest BCUT2D eigenvalue weighted by molar-refractivity contribution is 5.90. The summed E-state index contributed by atoms with van der Waals surface area (Å²) >= 11 is 0. The van der Waals surface area contributed by atoms with E-state index in [2.05, 4.69) is 16.0 Å². The average molecular weight is 398 g/mol. The fraction of sp³-hybridized carbons (Fsp3) is 0.810. The maximum Gasteiger partial charge on any atom is 0.223 e. The first kappa shape index (κ1) is 26.1. The van der Waals surface area contributed by atoms with Gasteiger partial charge in [-0.2, -0.15) is 0 Å². The lowest BCUT2D eigenvalue weighted by molar-refractivity contribution is -0.131. The summed E-state index contributed by atoms with van der Waals surface area (Å²) in [5.41, 5.74) is 0. The van der Waals surface area contributed by atoms with E-state index in [0.29, 0.717) is 25.9 Å². The smallest absolute Gasteiger partial charge is 0.223 e. The van der Waals surface area contributed by atoms with Gasteiger partial charge < -0.3 is 16.0 Å². The number of rotatable bonds is 15. The molecule has 0 aliphatic rings. The zero-order valence-corrected chi connectivity index (χ0v) is 18.2. The third-order valence-corrected chi connectivity index (χ3v) is 4.45. The van der Waals surface area contributed by atoms with E-state index in [1.165, 1.54) is 6.92 Å². The summed E-state index contributed by atoms with van der Waals surface area (Å²) < 4.78 is 0. The highest BCUT2D eigenvalue weighted by Gasteiger charge is 2.23. The van der Waals surface area contributed by atoms with Crippen molar-refractivity contribution in [2.24, 2.45) is 11.8 Å². The molecule has 0 spiro atoms. The summed E-state index contributed by atoms with van der Waals surface area (Å²) in [5, 5.41) is 8.48. The van der Waals surface area contributed by atoms with Gasteiger partial charge in [-0.05, 0) is 32.1 Å². The molecule has 28 heavy (non-hydrogen) atoms. The number of Topliss-reactive ketones (excluding diaryl/α,β-unsaturated/α-hetero) is 1. The van der Waals surface area contributed by atoms with Crippen LogP contribution < -0.4 is 16.0 Å². The van der Waals surface area contributed by atoms with Crippen molar-refractivity contribution in [1.82, 2.24) is 16.0 Å². The van der Waals surface area contributed by atoms with Gasteiger partial charge in [-0.1, -0.05) is 34.1 Å². The summed E-state index contributed by atoms with van der Waals surface area (Å²) in [4.78, 5) is 46.8. The second kappa shape index (κ2) is 15.1. The summed E-state index contributed by atoms with van der Waals surface area (Å²) in [6.45, 7) is 10.0. The Bertz CT molecular complexity index is 504. The van der Waals surface area contributed by atoms with Crippen LogP contribution in [0.1, 0.15) is 79.6 Å². The van der Waals surface area contributed by atoms with Gasteiger partial charge in [0.05, 0.1) is 6.04 Å². The van der Waals surface area contributed by atoms with E-state index in [9.17, 15) is 19.2 Å². The molecule has 0 radical (unpaired) electrons. The first-order valence-corrected chi connectivity index (χ1v) is 10.5. The van der Waals surface area contributed by atoms with E-state index in [0.717, 1.165) is 32.1 Å². The molecule has 0 fully saturated rings. The molecule has 0 saturated carbocycles. The summed E-state index contributed by atoms with van der Waals surface area (Å²) in [6.07, 6.45) is 5.19. The van der Waals surface area contributed by atoms with Crippen molar-refractivity contribution in [3.63, 3.8) is 0 Å². The number of carbonyl (C=O) groups excluding carboxylic acids is 4. The minimum absolute atomic E-state index is 0.0288. The Morgan fingerprint density at radius 1 is 0.750 bits per heavy atom. The molecule has 1 atom stereocenters. The van der Waals surface area contributed by atoms with Crippen LogP contribution in [-0.4, -0.2) is 42.6 Å². The van der Waals surface area contributed by atoms with Crippen molar-refractivity contribution in [2.45, 2.75) is 85.6 Å². The zero-order valence-electron chi connectivity index (χ0n) is 18.2. The normalized spacial score (nSPS) is 12.0. The van der Waals surface area contributed by atoms with Crippen molar-refractivity contribution in [1.29, 1.82) is 0 Å². The van der Waals surface area contributed by atoms with E-state index in [1.807, 2.05) is 27.7 Å². The van der Waals surface area contributed by atoms with Crippen LogP contribution in [0, 0.1) is 11.8 Å². The number of carbonyl (C=O) groups is 4. The Morgan fingerprint density at radius 2 is 1.36 bits per heavy atom. The first-order valence-electron chi connectivity index (χ1n) is 10.5. The lowest BCUT2D eigenvalue weighted by atomic mass is 9.96. The first-order chi connectivity index (χ1) is 13.1. The molecule has 0 bridgehead atoms. The second-order valence-electron chi connectivity index (χ2n) is 7.91. The zero-order chi connectivity index (χ0) is 21.5. The van der Waals surface area contributed by atoms with E-state index in [4.69, 9.17) is 0 Å². The van der Waals surface area contributed by atoms with Gasteiger partial charge in [0, 0.05) is 38.3 Å². The van der Waals surface area contributed by atoms with E-state index in [-0.39, 0.29) is 35.3 Å². The number of hydrogen-bond donors (Lipinski definition) is 3. The second-order valence-corrected chi connectivity index (χ2v) is 7.91. The van der Waals surface area contributed by atoms with Crippen LogP contribution in [0.3, 0.4) is 0 Å². The molecule has 3 amide bonds. The summed E-state index contributed by atoms with van der Waals surface area (Å²) in [5.74, 6) is -0.327. The SMILES string of the molecule is CC(=O)NCCCCCC(=O)NCCCC[C@H](NC(=O)C(C)C)C(=O)C(C)C. The maximum atomic E-state index is 12.3. The topological polar surface area (TPSA) is 104 Å². The predicted molar refractivity (Wildman–Crippen MR) is 111 cm³/mol. The Morgan fingerprint density at radius 3 is 1.93 bits per heavy atom. The molecule has 0 rings (SSSR count). The Kier molecular flexibility index (Phi) is 14.0. The molecular weight excluding hydrogens is 358 g/mol. The van der Waals surface area contributed by atoms with Crippen molar-refractivity contribution in [3.8, 4) is 0 Å². The number of unbranched alkanes of at least 4 members (excludes halogenated alkanes) is 3. The third-order valence-electron chi connectivity index (χ3n) is 4.45. The van der Waals surface area contributed by atoms with Gasteiger partial charge in [0.15, 0.2) is 5.78 Å². The largest absolute Gasteiger partial charge is 0.356 e. The van der Waals surface area contributed by atoms with Crippen LogP contribution in [0.15, 0.2) is 0 Å². The van der Waals surface area contributed by atoms with Gasteiger partial charge in [0.2, 0.25) is 17.7 Å². The van der Waals surface area contributed by atoms with Crippen LogP contribution >= 0.6 is 0 Å². The number of amides is 3. The highest BCUT2D eigenvalue weighted by Crippen LogP contribution is 2.09. The quantitative estimate of drug-likeness (QED) is 0.369. The van der Waals surface area contributed by atoms with Gasteiger partial charge in [-0.15, -0.1) is 0 Å². The molecule has 0 aliphatic heterocycles. The van der Waals surface area contributed by atoms with Crippen molar-refractivity contribution in [2.75, 3.05) is 13.1 Å². The molecule has 3 N–H and O–H groups in total. The molecule has 7 heteroatoms. The van der Waals surface area contributed by atoms with E-state index >= 15 is 0 Å². The van der Waals surface area contributed by atoms with Crippen LogP contribution in [-0.2, 0) is 19.2 Å². The highest BCUT2D eigenvalue weighted by atomic mass is 16.2. The van der Waals surface area contributed by atoms with Gasteiger partial charge >= 0.3 is 0 Å². The van der Waals surface area contributed by atoms with Crippen LogP contribution in [0.4, 0.5) is 0 Å². The van der Waals surface area contributed by atoms with Crippen molar-refractivity contribution >= 4 is 23.5 Å². The standard InChI is InChI=1S/C21H39N3O4/c1-15(2)20(27)18(24-21(28)16(3)4)11-8-10-14-23-19(26)12-7-6-9-13-22-17(5)25/h15-16,18H,6-14H2,1-5H3,(H,22,25)(H,23,26)(H,24,28)/t18-/m0/s1. The molecular formula is C21H39N3O4. The lowest BCUT2D eigenvalue weighted by Gasteiger charge is -2.20. The monoisotopic (exact) mass is 397 g/mol. The molecule has 0 aromatic carbocycles. The molecule has 7 nitrogen and oxygen atoms in total. The Labute approximate surface area is 169 Å². The number of hydrogen-bond acceptors (Lipinski definition) is 4. The van der Waals surface area contributed by atoms with E-state index in [1.54, 1.807) is 0 Å². The number of ketones is 1. The molecule has 0 heterocycles. The van der Waals surface area contributed by atoms with Crippen molar-refractivity contribution in [3.05, 3.63) is 0 Å². The Hall–Kier alpha value is -1.92. The summed E-state index contributed by atoms with van der Waals surface area (Å²) in [6, 6.07) is -0.450. The van der Waals surface area contributed by atoms with Gasteiger partial charge in [0.1, 0.15) is 0 Å². The molecule has 0 unspecified atom stereocenters. The fourth-order valence-electron chi connectivity index (χ4n) is 2.67. The van der Waals surface area contributed by atoms with Crippen LogP contribution in [0.2, 0.25) is 0 Å². The maximum absolute atomic E-state index is 12.3. The van der Waals surface area contributed by atoms with Crippen LogP contribution in [0.5, 0.6) is 0 Å². The predicted octanol–water partition coefficient (Wildman–Crippen LogP) is 2.34. The molecule has 162 valence electrons. The van der Waals surface area contributed by atoms with Crippen molar-refractivity contribution < 1.29 is 19.2 Å². The third kappa shape index (κ3) is 13.3. The molecule has 0 aromatic heterocycles. The van der Waals surface area contributed by atoms with Crippen LogP contribution in [0.25, 0.3) is 0 Å². The molecule has 0 aliphatic carbocycles. The fourth-order valence-corrected chi connectivity index (χ4v) is 2.67. The van der Waals surface area contributed by atoms with Gasteiger partial charge in [-0.3, -0.25) is 19.2 Å². The number of nitrogens with one attached hydrogen (secondary N) is 3. The molecule has 0 saturated heterocycles.